The van der Waals surface area contributed by atoms with Crippen molar-refractivity contribution in [2.24, 2.45) is 11.8 Å². The molecule has 164 valence electrons. The fourth-order valence-corrected chi connectivity index (χ4v) is 5.08. The molecule has 2 aliphatic carbocycles. The number of hydrogen-bond donors (Lipinski definition) is 1. The van der Waals surface area contributed by atoms with Crippen LogP contribution in [-0.4, -0.2) is 43.2 Å². The Bertz CT molecular complexity index is 892. The lowest BCUT2D eigenvalue weighted by Gasteiger charge is -2.25. The molecule has 5 heteroatoms. The van der Waals surface area contributed by atoms with E-state index in [0.717, 1.165) is 35.9 Å². The second-order valence-electron chi connectivity index (χ2n) is 9.42. The minimum absolute atomic E-state index is 0.104. The van der Waals surface area contributed by atoms with Gasteiger partial charge in [0.1, 0.15) is 11.9 Å². The van der Waals surface area contributed by atoms with E-state index in [9.17, 15) is 4.79 Å². The number of ether oxygens (including phenoxy) is 2. The summed E-state index contributed by atoms with van der Waals surface area (Å²) in [5, 5.41) is 2.98. The van der Waals surface area contributed by atoms with E-state index in [-0.39, 0.29) is 5.91 Å². The number of fused-ring (bicyclic) bond motifs is 1. The molecule has 1 saturated heterocycles. The van der Waals surface area contributed by atoms with Gasteiger partial charge in [-0.25, -0.2) is 0 Å². The van der Waals surface area contributed by atoms with E-state index in [4.69, 9.17) is 9.47 Å². The lowest BCUT2D eigenvalue weighted by atomic mass is 9.96. The summed E-state index contributed by atoms with van der Waals surface area (Å²) < 4.78 is 12.1. The molecular weight excluding hydrogens is 388 g/mol. The van der Waals surface area contributed by atoms with Crippen molar-refractivity contribution in [3.8, 4) is 5.75 Å². The van der Waals surface area contributed by atoms with Crippen molar-refractivity contribution >= 4 is 11.6 Å². The summed E-state index contributed by atoms with van der Waals surface area (Å²) >= 11 is 0. The summed E-state index contributed by atoms with van der Waals surface area (Å²) in [6.45, 7) is 2.95. The Morgan fingerprint density at radius 3 is 2.48 bits per heavy atom. The molecule has 5 nitrogen and oxygen atoms in total. The number of anilines is 1. The molecule has 1 amide bonds. The number of amides is 1. The smallest absolute Gasteiger partial charge is 0.255 e. The highest BCUT2D eigenvalue weighted by Gasteiger charge is 2.42. The minimum atomic E-state index is -0.104. The minimum Gasteiger partial charge on any atom is -0.490 e. The molecule has 0 aromatic heterocycles. The molecular formula is C26H32N2O3. The van der Waals surface area contributed by atoms with Crippen molar-refractivity contribution in [3.05, 3.63) is 59.7 Å². The third-order valence-electron chi connectivity index (χ3n) is 7.13. The van der Waals surface area contributed by atoms with Crippen LogP contribution in [0.4, 0.5) is 5.69 Å². The maximum Gasteiger partial charge on any atom is 0.255 e. The van der Waals surface area contributed by atoms with Gasteiger partial charge in [0.2, 0.25) is 0 Å². The normalized spacial score (nSPS) is 25.8. The van der Waals surface area contributed by atoms with Crippen LogP contribution < -0.4 is 10.1 Å². The van der Waals surface area contributed by atoms with Crippen LogP contribution in [0.15, 0.2) is 48.5 Å². The van der Waals surface area contributed by atoms with E-state index in [1.807, 2.05) is 48.5 Å². The monoisotopic (exact) mass is 420 g/mol. The fraction of sp³-hybridized carbons (Fsp3) is 0.500. The van der Waals surface area contributed by atoms with Gasteiger partial charge in [-0.1, -0.05) is 12.1 Å². The Kier molecular flexibility index (Phi) is 5.97. The molecule has 0 unspecified atom stereocenters. The Labute approximate surface area is 184 Å². The van der Waals surface area contributed by atoms with Crippen molar-refractivity contribution < 1.29 is 14.3 Å². The first-order valence-electron chi connectivity index (χ1n) is 11.6. The number of nitrogens with zero attached hydrogens (tertiary/aromatic N) is 1. The lowest BCUT2D eigenvalue weighted by Crippen LogP contribution is -2.26. The van der Waals surface area contributed by atoms with E-state index in [1.54, 1.807) is 0 Å². The van der Waals surface area contributed by atoms with Gasteiger partial charge in [0.15, 0.2) is 0 Å². The molecule has 0 bridgehead atoms. The van der Waals surface area contributed by atoms with E-state index in [0.29, 0.717) is 30.3 Å². The summed E-state index contributed by atoms with van der Waals surface area (Å²) in [6.07, 6.45) is 6.75. The van der Waals surface area contributed by atoms with Gasteiger partial charge in [0.25, 0.3) is 5.91 Å². The zero-order valence-electron chi connectivity index (χ0n) is 18.3. The molecule has 3 fully saturated rings. The van der Waals surface area contributed by atoms with E-state index in [1.165, 1.54) is 32.2 Å². The summed E-state index contributed by atoms with van der Waals surface area (Å²) in [5.41, 5.74) is 2.53. The van der Waals surface area contributed by atoms with Crippen molar-refractivity contribution in [2.45, 2.75) is 50.9 Å². The second kappa shape index (κ2) is 9.01. The Morgan fingerprint density at radius 2 is 1.77 bits per heavy atom. The van der Waals surface area contributed by atoms with Gasteiger partial charge in [0.05, 0.1) is 12.7 Å². The SMILES string of the molecule is CN1C[C@H]2CC[C@@H](Oc3ccc(NC(=O)c4ccc(COC5CCC5)cc4)cc3)[C@H]2C1. The molecule has 0 radical (unpaired) electrons. The molecule has 3 aliphatic rings. The first kappa shape index (κ1) is 20.5. The van der Waals surface area contributed by atoms with Gasteiger partial charge < -0.3 is 19.7 Å². The third-order valence-corrected chi connectivity index (χ3v) is 7.13. The van der Waals surface area contributed by atoms with Gasteiger partial charge in [-0.05, 0) is 87.0 Å². The molecule has 3 atom stereocenters. The predicted molar refractivity (Wildman–Crippen MR) is 121 cm³/mol. The molecule has 2 aromatic rings. The van der Waals surface area contributed by atoms with Gasteiger partial charge in [-0.2, -0.15) is 0 Å². The highest BCUT2D eigenvalue weighted by atomic mass is 16.5. The zero-order valence-corrected chi connectivity index (χ0v) is 18.3. The Hall–Kier alpha value is -2.37. The van der Waals surface area contributed by atoms with E-state index in [2.05, 4.69) is 17.3 Å². The molecule has 0 spiro atoms. The largest absolute Gasteiger partial charge is 0.490 e. The molecule has 5 rings (SSSR count). The van der Waals surface area contributed by atoms with Gasteiger partial charge in [-0.3, -0.25) is 4.79 Å². The number of nitrogens with one attached hydrogen (secondary N) is 1. The van der Waals surface area contributed by atoms with E-state index >= 15 is 0 Å². The van der Waals surface area contributed by atoms with Crippen molar-refractivity contribution in [2.75, 3.05) is 25.5 Å². The van der Waals surface area contributed by atoms with Crippen LogP contribution in [0.5, 0.6) is 5.75 Å². The topological polar surface area (TPSA) is 50.8 Å². The van der Waals surface area contributed by atoms with Crippen molar-refractivity contribution in [1.29, 1.82) is 0 Å². The average Bonchev–Trinajstić information content (AvgIpc) is 3.28. The Morgan fingerprint density at radius 1 is 1.00 bits per heavy atom. The first-order chi connectivity index (χ1) is 15.1. The second-order valence-corrected chi connectivity index (χ2v) is 9.42. The van der Waals surface area contributed by atoms with Crippen LogP contribution in [0.2, 0.25) is 0 Å². The van der Waals surface area contributed by atoms with Crippen LogP contribution in [0.1, 0.15) is 48.0 Å². The van der Waals surface area contributed by atoms with Gasteiger partial charge in [0, 0.05) is 30.3 Å². The molecule has 2 saturated carbocycles. The van der Waals surface area contributed by atoms with Crippen LogP contribution >= 0.6 is 0 Å². The summed E-state index contributed by atoms with van der Waals surface area (Å²) in [5.74, 6) is 2.21. The zero-order chi connectivity index (χ0) is 21.2. The highest BCUT2D eigenvalue weighted by molar-refractivity contribution is 6.04. The third kappa shape index (κ3) is 4.78. The number of rotatable bonds is 7. The fourth-order valence-electron chi connectivity index (χ4n) is 5.08. The number of likely N-dealkylation sites (tertiary alicyclic amines) is 1. The summed E-state index contributed by atoms with van der Waals surface area (Å²) in [4.78, 5) is 15.0. The molecule has 2 aromatic carbocycles. The maximum absolute atomic E-state index is 12.6. The summed E-state index contributed by atoms with van der Waals surface area (Å²) in [6, 6.07) is 15.4. The van der Waals surface area contributed by atoms with E-state index < -0.39 is 0 Å². The van der Waals surface area contributed by atoms with Crippen molar-refractivity contribution in [3.63, 3.8) is 0 Å². The average molecular weight is 421 g/mol. The molecule has 1 heterocycles. The quantitative estimate of drug-likeness (QED) is 0.704. The summed E-state index contributed by atoms with van der Waals surface area (Å²) in [7, 11) is 2.20. The van der Waals surface area contributed by atoms with Crippen LogP contribution in [-0.2, 0) is 11.3 Å². The van der Waals surface area contributed by atoms with Crippen LogP contribution in [0.25, 0.3) is 0 Å². The molecule has 1 aliphatic heterocycles. The standard InChI is InChI=1S/C26H32N2O3/c1-28-15-20-9-14-25(24(20)16-28)31-23-12-10-21(11-13-23)27-26(29)19-7-5-18(6-8-19)17-30-22-3-2-4-22/h5-8,10-13,20,22,24-25H,2-4,9,14-17H2,1H3,(H,27,29)/t20-,24+,25-/m1/s1. The Balaban J connectivity index is 1.13. The van der Waals surface area contributed by atoms with Gasteiger partial charge >= 0.3 is 0 Å². The lowest BCUT2D eigenvalue weighted by molar-refractivity contribution is -0.00866. The first-order valence-corrected chi connectivity index (χ1v) is 11.6. The number of carbonyl (C=O) groups excluding carboxylic acids is 1. The number of carbonyl (C=O) groups is 1. The van der Waals surface area contributed by atoms with Gasteiger partial charge in [-0.15, -0.1) is 0 Å². The van der Waals surface area contributed by atoms with Crippen molar-refractivity contribution in [1.82, 2.24) is 4.90 Å². The van der Waals surface area contributed by atoms with Crippen LogP contribution in [0, 0.1) is 11.8 Å². The van der Waals surface area contributed by atoms with Crippen LogP contribution in [0.3, 0.4) is 0 Å². The number of benzene rings is 2. The highest BCUT2D eigenvalue weighted by Crippen LogP contribution is 2.39. The molecule has 1 N–H and O–H groups in total. The molecule has 31 heavy (non-hydrogen) atoms. The number of hydrogen-bond acceptors (Lipinski definition) is 4. The predicted octanol–water partition coefficient (Wildman–Crippen LogP) is 4.73. The maximum atomic E-state index is 12.6.